The minimum Gasteiger partial charge on any atom is -0.324 e. The van der Waals surface area contributed by atoms with Crippen molar-refractivity contribution in [1.82, 2.24) is 4.98 Å². The lowest BCUT2D eigenvalue weighted by Crippen LogP contribution is -2.28. The summed E-state index contributed by atoms with van der Waals surface area (Å²) in [5.74, 6) is -0.633. The van der Waals surface area contributed by atoms with Crippen molar-refractivity contribution in [3.8, 4) is 0 Å². The number of nitrogens with one attached hydrogen (secondary N) is 1. The first-order chi connectivity index (χ1) is 11.0. The van der Waals surface area contributed by atoms with Crippen LogP contribution in [0.25, 0.3) is 0 Å². The van der Waals surface area contributed by atoms with Gasteiger partial charge in [-0.05, 0) is 36.8 Å². The molecular weight excluding hydrogens is 314 g/mol. The summed E-state index contributed by atoms with van der Waals surface area (Å²) in [6, 6.07) is 8.99. The van der Waals surface area contributed by atoms with Crippen molar-refractivity contribution in [3.05, 3.63) is 53.3 Å². The molecule has 1 aliphatic heterocycles. The van der Waals surface area contributed by atoms with E-state index in [9.17, 15) is 9.59 Å². The van der Waals surface area contributed by atoms with Crippen molar-refractivity contribution in [2.24, 2.45) is 5.92 Å². The third kappa shape index (κ3) is 3.35. The maximum Gasteiger partial charge on any atom is 0.229 e. The summed E-state index contributed by atoms with van der Waals surface area (Å²) in [6.45, 7) is 2.26. The first-order valence-corrected chi connectivity index (χ1v) is 7.70. The summed E-state index contributed by atoms with van der Waals surface area (Å²) in [7, 11) is 0. The lowest BCUT2D eigenvalue weighted by molar-refractivity contribution is -0.122. The van der Waals surface area contributed by atoms with Gasteiger partial charge in [0, 0.05) is 29.9 Å². The Hall–Kier alpha value is -2.40. The predicted molar refractivity (Wildman–Crippen MR) is 89.5 cm³/mol. The first-order valence-electron chi connectivity index (χ1n) is 7.32. The fourth-order valence-electron chi connectivity index (χ4n) is 2.56. The quantitative estimate of drug-likeness (QED) is 0.941. The molecule has 1 aromatic carbocycles. The molecule has 3 rings (SSSR count). The van der Waals surface area contributed by atoms with Crippen LogP contribution in [0.2, 0.25) is 5.02 Å². The van der Waals surface area contributed by atoms with Crippen molar-refractivity contribution in [2.45, 2.75) is 13.3 Å². The highest BCUT2D eigenvalue weighted by Gasteiger charge is 2.35. The van der Waals surface area contributed by atoms with Crippen molar-refractivity contribution >= 4 is 34.8 Å². The van der Waals surface area contributed by atoms with Gasteiger partial charge in [-0.15, -0.1) is 0 Å². The van der Waals surface area contributed by atoms with Crippen LogP contribution < -0.4 is 10.2 Å². The third-order valence-corrected chi connectivity index (χ3v) is 4.30. The zero-order valence-corrected chi connectivity index (χ0v) is 13.4. The smallest absolute Gasteiger partial charge is 0.229 e. The Balaban J connectivity index is 1.71. The Bertz CT molecular complexity index is 749. The van der Waals surface area contributed by atoms with Crippen LogP contribution in [0.1, 0.15) is 12.0 Å². The number of hydrogen-bond acceptors (Lipinski definition) is 3. The lowest BCUT2D eigenvalue weighted by atomic mass is 10.1. The minimum atomic E-state index is -0.386. The van der Waals surface area contributed by atoms with Gasteiger partial charge >= 0.3 is 0 Å². The molecule has 0 aliphatic carbocycles. The van der Waals surface area contributed by atoms with Gasteiger partial charge in [-0.1, -0.05) is 17.7 Å². The molecule has 1 fully saturated rings. The average molecular weight is 330 g/mol. The van der Waals surface area contributed by atoms with E-state index >= 15 is 0 Å². The number of anilines is 2. The van der Waals surface area contributed by atoms with E-state index < -0.39 is 0 Å². The maximum absolute atomic E-state index is 12.3. The normalized spacial score (nSPS) is 17.4. The molecule has 1 aromatic heterocycles. The molecule has 1 N–H and O–H groups in total. The topological polar surface area (TPSA) is 62.3 Å². The Labute approximate surface area is 139 Å². The van der Waals surface area contributed by atoms with Gasteiger partial charge in [-0.3, -0.25) is 14.6 Å². The number of benzene rings is 1. The van der Waals surface area contributed by atoms with Gasteiger partial charge in [0.05, 0.1) is 17.8 Å². The SMILES string of the molecule is Cc1ccc(N2C[C@H](C(=O)Nc3cccnc3)CC2=O)cc1Cl. The molecule has 1 atom stereocenters. The van der Waals surface area contributed by atoms with Crippen LogP contribution in [0.15, 0.2) is 42.7 Å². The molecular formula is C17H16ClN3O2. The summed E-state index contributed by atoms with van der Waals surface area (Å²) < 4.78 is 0. The van der Waals surface area contributed by atoms with Crippen molar-refractivity contribution in [3.63, 3.8) is 0 Å². The molecule has 0 saturated carbocycles. The van der Waals surface area contributed by atoms with Crippen LogP contribution in [-0.2, 0) is 9.59 Å². The average Bonchev–Trinajstić information content (AvgIpc) is 2.93. The van der Waals surface area contributed by atoms with Gasteiger partial charge in [0.15, 0.2) is 0 Å². The van der Waals surface area contributed by atoms with Gasteiger partial charge < -0.3 is 10.2 Å². The molecule has 2 aromatic rings. The number of hydrogen-bond donors (Lipinski definition) is 1. The summed E-state index contributed by atoms with van der Waals surface area (Å²) in [5, 5.41) is 3.40. The summed E-state index contributed by atoms with van der Waals surface area (Å²) in [5.41, 5.74) is 2.30. The largest absolute Gasteiger partial charge is 0.324 e. The van der Waals surface area contributed by atoms with Crippen LogP contribution in [0.4, 0.5) is 11.4 Å². The van der Waals surface area contributed by atoms with Gasteiger partial charge in [0.2, 0.25) is 11.8 Å². The number of carbonyl (C=O) groups excluding carboxylic acids is 2. The summed E-state index contributed by atoms with van der Waals surface area (Å²) in [4.78, 5) is 30.1. The van der Waals surface area contributed by atoms with Gasteiger partial charge in [0.1, 0.15) is 0 Å². The highest BCUT2D eigenvalue weighted by Crippen LogP contribution is 2.29. The van der Waals surface area contributed by atoms with E-state index in [1.165, 1.54) is 0 Å². The Kier molecular flexibility index (Phi) is 4.30. The van der Waals surface area contributed by atoms with E-state index in [2.05, 4.69) is 10.3 Å². The monoisotopic (exact) mass is 329 g/mol. The van der Waals surface area contributed by atoms with Crippen LogP contribution >= 0.6 is 11.6 Å². The van der Waals surface area contributed by atoms with E-state index in [4.69, 9.17) is 11.6 Å². The number of carbonyl (C=O) groups is 2. The molecule has 0 radical (unpaired) electrons. The number of amides is 2. The molecule has 0 bridgehead atoms. The minimum absolute atomic E-state index is 0.0729. The van der Waals surface area contributed by atoms with E-state index in [-0.39, 0.29) is 24.2 Å². The van der Waals surface area contributed by atoms with Crippen molar-refractivity contribution in [1.29, 1.82) is 0 Å². The number of nitrogens with zero attached hydrogens (tertiary/aromatic N) is 2. The fraction of sp³-hybridized carbons (Fsp3) is 0.235. The maximum atomic E-state index is 12.3. The first kappa shape index (κ1) is 15.5. The highest BCUT2D eigenvalue weighted by atomic mass is 35.5. The summed E-state index contributed by atoms with van der Waals surface area (Å²) >= 11 is 6.12. The molecule has 5 nitrogen and oxygen atoms in total. The second-order valence-corrected chi connectivity index (χ2v) is 5.98. The zero-order chi connectivity index (χ0) is 16.4. The van der Waals surface area contributed by atoms with Gasteiger partial charge in [0.25, 0.3) is 0 Å². The summed E-state index contributed by atoms with van der Waals surface area (Å²) in [6.07, 6.45) is 3.40. The number of rotatable bonds is 3. The number of halogens is 1. The molecule has 23 heavy (non-hydrogen) atoms. The van der Waals surface area contributed by atoms with Crippen molar-refractivity contribution < 1.29 is 9.59 Å². The molecule has 2 heterocycles. The van der Waals surface area contributed by atoms with Crippen molar-refractivity contribution in [2.75, 3.05) is 16.8 Å². The Morgan fingerprint density at radius 2 is 2.22 bits per heavy atom. The standard InChI is InChI=1S/C17H16ClN3O2/c1-11-4-5-14(8-15(11)18)21-10-12(7-16(21)22)17(23)20-13-3-2-6-19-9-13/h2-6,8-9,12H,7,10H2,1H3,(H,20,23)/t12-/m1/s1. The van der Waals surface area contributed by atoms with Gasteiger partial charge in [-0.25, -0.2) is 0 Å². The molecule has 2 amide bonds. The number of aryl methyl sites for hydroxylation is 1. The number of aromatic nitrogens is 1. The van der Waals surface area contributed by atoms with Crippen LogP contribution in [0.3, 0.4) is 0 Å². The molecule has 1 saturated heterocycles. The Morgan fingerprint density at radius 3 is 2.91 bits per heavy atom. The highest BCUT2D eigenvalue weighted by molar-refractivity contribution is 6.31. The second kappa shape index (κ2) is 6.38. The van der Waals surface area contributed by atoms with E-state index in [0.717, 1.165) is 11.3 Å². The zero-order valence-electron chi connectivity index (χ0n) is 12.6. The molecule has 118 valence electrons. The van der Waals surface area contributed by atoms with Crippen LogP contribution in [0.5, 0.6) is 0 Å². The molecule has 0 unspecified atom stereocenters. The predicted octanol–water partition coefficient (Wildman–Crippen LogP) is 3.04. The Morgan fingerprint density at radius 1 is 1.39 bits per heavy atom. The second-order valence-electron chi connectivity index (χ2n) is 5.57. The fourth-order valence-corrected chi connectivity index (χ4v) is 2.74. The van der Waals surface area contributed by atoms with E-state index in [0.29, 0.717) is 17.3 Å². The third-order valence-electron chi connectivity index (χ3n) is 3.89. The molecule has 6 heteroatoms. The van der Waals surface area contributed by atoms with Crippen LogP contribution in [-0.4, -0.2) is 23.3 Å². The molecule has 1 aliphatic rings. The lowest BCUT2D eigenvalue weighted by Gasteiger charge is -2.17. The van der Waals surface area contributed by atoms with Gasteiger partial charge in [-0.2, -0.15) is 0 Å². The van der Waals surface area contributed by atoms with E-state index in [1.807, 2.05) is 19.1 Å². The number of pyridine rings is 1. The van der Waals surface area contributed by atoms with Crippen LogP contribution in [0, 0.1) is 12.8 Å². The molecule has 0 spiro atoms. The van der Waals surface area contributed by atoms with E-state index in [1.54, 1.807) is 35.5 Å².